The third kappa shape index (κ3) is 5.56. The molecule has 0 spiro atoms. The van der Waals surface area contributed by atoms with Gasteiger partial charge in [0.15, 0.2) is 0 Å². The van der Waals surface area contributed by atoms with Gasteiger partial charge >= 0.3 is 0 Å². The zero-order valence-electron chi connectivity index (χ0n) is 16.1. The average molecular weight is 476 g/mol. The second-order valence-corrected chi connectivity index (χ2v) is 9.24. The van der Waals surface area contributed by atoms with Crippen molar-refractivity contribution in [2.75, 3.05) is 0 Å². The first-order valence-electron chi connectivity index (χ1n) is 8.73. The van der Waals surface area contributed by atoms with Crippen molar-refractivity contribution in [2.24, 2.45) is 9.98 Å². The first kappa shape index (κ1) is 23.1. The molecule has 3 rings (SSSR count). The van der Waals surface area contributed by atoms with Crippen LogP contribution >= 0.6 is 0 Å². The van der Waals surface area contributed by atoms with Crippen LogP contribution in [0.5, 0.6) is 11.5 Å². The third-order valence-corrected chi connectivity index (χ3v) is 5.86. The molecule has 0 saturated heterocycles. The van der Waals surface area contributed by atoms with E-state index < -0.39 is 30.0 Å². The van der Waals surface area contributed by atoms with E-state index in [-0.39, 0.29) is 22.6 Å². The number of phenolic OH excluding ortho intramolecular Hbond substituents is 2. The molecule has 0 unspecified atom stereocenters. The molecule has 0 saturated carbocycles. The van der Waals surface area contributed by atoms with Gasteiger partial charge in [-0.3, -0.25) is 19.1 Å². The topological polar surface area (TPSA) is 174 Å². The van der Waals surface area contributed by atoms with Gasteiger partial charge in [0.25, 0.3) is 20.2 Å². The highest BCUT2D eigenvalue weighted by Crippen LogP contribution is 2.29. The van der Waals surface area contributed by atoms with Gasteiger partial charge < -0.3 is 10.2 Å². The maximum absolute atomic E-state index is 11.3. The van der Waals surface area contributed by atoms with E-state index in [1.54, 1.807) is 24.3 Å². The fourth-order valence-corrected chi connectivity index (χ4v) is 3.59. The largest absolute Gasteiger partial charge is 0.507 e. The summed E-state index contributed by atoms with van der Waals surface area (Å²) in [7, 11) is -8.94. The van der Waals surface area contributed by atoms with Crippen molar-refractivity contribution in [1.82, 2.24) is 0 Å². The van der Waals surface area contributed by atoms with Gasteiger partial charge in [0.2, 0.25) is 0 Å². The lowest BCUT2D eigenvalue weighted by molar-refractivity contribution is 0.470. The van der Waals surface area contributed by atoms with Crippen molar-refractivity contribution in [3.05, 3.63) is 71.8 Å². The third-order valence-electron chi connectivity index (χ3n) is 4.16. The van der Waals surface area contributed by atoms with Crippen molar-refractivity contribution in [3.8, 4) is 11.5 Å². The van der Waals surface area contributed by atoms with E-state index in [9.17, 15) is 27.0 Å². The Morgan fingerprint density at radius 2 is 1.00 bits per heavy atom. The van der Waals surface area contributed by atoms with Gasteiger partial charge in [-0.25, -0.2) is 0 Å². The maximum Gasteiger partial charge on any atom is 0.294 e. The van der Waals surface area contributed by atoms with Gasteiger partial charge in [-0.05, 0) is 48.5 Å². The van der Waals surface area contributed by atoms with Gasteiger partial charge in [0.1, 0.15) is 11.5 Å². The summed E-state index contributed by atoms with van der Waals surface area (Å²) in [6.07, 6.45) is 2.35. The Bertz CT molecular complexity index is 1340. The number of nitrogens with zero attached hydrogens (tertiary/aromatic N) is 2. The summed E-state index contributed by atoms with van der Waals surface area (Å²) < 4.78 is 63.5. The normalized spacial score (nSPS) is 12.6. The van der Waals surface area contributed by atoms with Crippen molar-refractivity contribution >= 4 is 44.0 Å². The summed E-state index contributed by atoms with van der Waals surface area (Å²) in [6, 6.07) is 12.8. The lowest BCUT2D eigenvalue weighted by Gasteiger charge is -2.04. The van der Waals surface area contributed by atoms with E-state index in [1.165, 1.54) is 12.4 Å². The van der Waals surface area contributed by atoms with Crippen LogP contribution in [0.15, 0.2) is 80.4 Å². The molecule has 0 bridgehead atoms. The van der Waals surface area contributed by atoms with Gasteiger partial charge in [0.05, 0.1) is 21.2 Å². The standard InChI is InChI=1S/C20H16N2O8S2/c23-19-7-5-15(31(25,26)27)9-13(19)11-21-17-3-1-2-4-18(17)22-12-14-10-16(32(28,29)30)6-8-20(14)24/h1-12,23-24H,(H,25,26,27)(H,28,29,30). The minimum atomic E-state index is -4.47. The molecule has 0 aliphatic carbocycles. The molecule has 32 heavy (non-hydrogen) atoms. The minimum Gasteiger partial charge on any atom is -0.507 e. The number of rotatable bonds is 6. The number of hydrogen-bond donors (Lipinski definition) is 4. The molecule has 166 valence electrons. The second kappa shape index (κ2) is 8.88. The lowest BCUT2D eigenvalue weighted by atomic mass is 10.2. The summed E-state index contributed by atoms with van der Waals surface area (Å²) >= 11 is 0. The molecule has 3 aromatic rings. The summed E-state index contributed by atoms with van der Waals surface area (Å²) in [6.45, 7) is 0. The highest BCUT2D eigenvalue weighted by molar-refractivity contribution is 7.86. The molecule has 0 aliphatic heterocycles. The van der Waals surface area contributed by atoms with E-state index in [0.29, 0.717) is 11.4 Å². The molecule has 0 amide bonds. The number of aliphatic imine (C=N–C) groups is 2. The van der Waals surface area contributed by atoms with Crippen LogP contribution in [0, 0.1) is 0 Å². The molecular weight excluding hydrogens is 460 g/mol. The molecule has 0 aromatic heterocycles. The van der Waals surface area contributed by atoms with Crippen LogP contribution < -0.4 is 0 Å². The summed E-state index contributed by atoms with van der Waals surface area (Å²) in [5.41, 5.74) is 0.645. The number of para-hydroxylation sites is 2. The van der Waals surface area contributed by atoms with Crippen LogP contribution in [-0.4, -0.2) is 48.6 Å². The Morgan fingerprint density at radius 3 is 1.34 bits per heavy atom. The van der Waals surface area contributed by atoms with Crippen molar-refractivity contribution in [3.63, 3.8) is 0 Å². The van der Waals surface area contributed by atoms with Crippen molar-refractivity contribution in [1.29, 1.82) is 0 Å². The van der Waals surface area contributed by atoms with Crippen molar-refractivity contribution in [2.45, 2.75) is 9.79 Å². The Labute approximate surface area is 183 Å². The molecule has 0 radical (unpaired) electrons. The van der Waals surface area contributed by atoms with Gasteiger partial charge in [0, 0.05) is 23.6 Å². The fraction of sp³-hybridized carbons (Fsp3) is 0. The quantitative estimate of drug-likeness (QED) is 0.310. The van der Waals surface area contributed by atoms with Crippen LogP contribution in [0.3, 0.4) is 0 Å². The molecule has 0 atom stereocenters. The van der Waals surface area contributed by atoms with E-state index in [4.69, 9.17) is 9.11 Å². The van der Waals surface area contributed by atoms with Crippen LogP contribution in [0.2, 0.25) is 0 Å². The molecule has 10 nitrogen and oxygen atoms in total. The molecule has 0 aliphatic rings. The summed E-state index contributed by atoms with van der Waals surface area (Å²) in [4.78, 5) is 7.52. The first-order chi connectivity index (χ1) is 14.9. The highest BCUT2D eigenvalue weighted by Gasteiger charge is 2.13. The first-order valence-corrected chi connectivity index (χ1v) is 11.6. The second-order valence-electron chi connectivity index (χ2n) is 6.40. The Hall–Kier alpha value is -3.58. The van der Waals surface area contributed by atoms with Crippen LogP contribution in [0.1, 0.15) is 11.1 Å². The number of hydrogen-bond acceptors (Lipinski definition) is 8. The molecule has 0 fully saturated rings. The molecule has 4 N–H and O–H groups in total. The Kier molecular flexibility index (Phi) is 6.41. The van der Waals surface area contributed by atoms with E-state index in [2.05, 4.69) is 9.98 Å². The Morgan fingerprint density at radius 1 is 0.625 bits per heavy atom. The van der Waals surface area contributed by atoms with Gasteiger partial charge in [-0.15, -0.1) is 0 Å². The zero-order chi connectivity index (χ0) is 23.5. The molecule has 3 aromatic carbocycles. The SMILES string of the molecule is O=S(=O)(O)c1ccc(O)c(C=Nc2ccccc2N=Cc2cc(S(=O)(=O)O)ccc2O)c1. The molecule has 0 heterocycles. The highest BCUT2D eigenvalue weighted by atomic mass is 32.2. The summed E-state index contributed by atoms with van der Waals surface area (Å²) in [5, 5.41) is 19.9. The number of phenols is 2. The monoisotopic (exact) mass is 476 g/mol. The number of benzene rings is 3. The lowest BCUT2D eigenvalue weighted by Crippen LogP contribution is -1.99. The van der Waals surface area contributed by atoms with E-state index in [0.717, 1.165) is 36.4 Å². The smallest absolute Gasteiger partial charge is 0.294 e. The van der Waals surface area contributed by atoms with Crippen molar-refractivity contribution < 1.29 is 36.2 Å². The predicted molar refractivity (Wildman–Crippen MR) is 117 cm³/mol. The van der Waals surface area contributed by atoms with E-state index >= 15 is 0 Å². The fourth-order valence-electron chi connectivity index (χ4n) is 2.55. The number of aromatic hydroxyl groups is 2. The summed E-state index contributed by atoms with van der Waals surface area (Å²) in [5.74, 6) is -0.539. The van der Waals surface area contributed by atoms with Gasteiger partial charge in [-0.1, -0.05) is 12.1 Å². The average Bonchev–Trinajstić information content (AvgIpc) is 2.71. The van der Waals surface area contributed by atoms with Crippen LogP contribution in [0.4, 0.5) is 11.4 Å². The van der Waals surface area contributed by atoms with Crippen LogP contribution in [0.25, 0.3) is 0 Å². The van der Waals surface area contributed by atoms with Gasteiger partial charge in [-0.2, -0.15) is 16.8 Å². The maximum atomic E-state index is 11.3. The minimum absolute atomic E-state index is 0.0254. The molecular formula is C20H16N2O8S2. The van der Waals surface area contributed by atoms with E-state index in [1.807, 2.05) is 0 Å². The molecule has 12 heteroatoms. The van der Waals surface area contributed by atoms with Crippen LogP contribution in [-0.2, 0) is 20.2 Å². The Balaban J connectivity index is 1.96. The predicted octanol–water partition coefficient (Wildman–Crippen LogP) is 3.09. The zero-order valence-corrected chi connectivity index (χ0v) is 17.7.